The minimum Gasteiger partial charge on any atom is -0.477 e. The van der Waals surface area contributed by atoms with Gasteiger partial charge in [-0.1, -0.05) is 18.2 Å². The number of carbonyl (C=O) groups excluding carboxylic acids is 2. The summed E-state index contributed by atoms with van der Waals surface area (Å²) in [5, 5.41) is 11.1. The Morgan fingerprint density at radius 3 is 2.83 bits per heavy atom. The largest absolute Gasteiger partial charge is 0.477 e. The zero-order chi connectivity index (χ0) is 17.1. The monoisotopic (exact) mass is 326 g/mol. The van der Waals surface area contributed by atoms with Gasteiger partial charge in [-0.25, -0.2) is 0 Å². The smallest absolute Gasteiger partial charge is 0.311 e. The van der Waals surface area contributed by atoms with Crippen molar-refractivity contribution in [2.45, 2.75) is 6.42 Å². The van der Waals surface area contributed by atoms with Gasteiger partial charge in [0.15, 0.2) is 12.4 Å². The van der Waals surface area contributed by atoms with Crippen LogP contribution in [0.1, 0.15) is 15.9 Å². The number of carbonyl (C=O) groups is 2. The van der Waals surface area contributed by atoms with E-state index >= 15 is 0 Å². The lowest BCUT2D eigenvalue weighted by atomic mass is 10.2. The van der Waals surface area contributed by atoms with Crippen LogP contribution >= 0.6 is 0 Å². The summed E-state index contributed by atoms with van der Waals surface area (Å²) in [4.78, 5) is 35.1. The molecule has 0 saturated carbocycles. The maximum atomic E-state index is 12.4. The molecule has 0 radical (unpaired) electrons. The van der Waals surface area contributed by atoms with Gasteiger partial charge < -0.3 is 9.64 Å². The van der Waals surface area contributed by atoms with E-state index in [0.717, 1.165) is 23.7 Å². The van der Waals surface area contributed by atoms with Crippen molar-refractivity contribution < 1.29 is 19.2 Å². The Labute approximate surface area is 137 Å². The van der Waals surface area contributed by atoms with E-state index in [4.69, 9.17) is 4.74 Å². The highest BCUT2D eigenvalue weighted by Crippen LogP contribution is 2.29. The van der Waals surface area contributed by atoms with Crippen molar-refractivity contribution in [3.05, 3.63) is 63.7 Å². The lowest BCUT2D eigenvalue weighted by molar-refractivity contribution is -0.385. The molecule has 7 heteroatoms. The summed E-state index contributed by atoms with van der Waals surface area (Å²) in [7, 11) is 0. The molecule has 1 heterocycles. The summed E-state index contributed by atoms with van der Waals surface area (Å²) in [5.74, 6) is -0.305. The number of anilines is 1. The number of hydrogen-bond acceptors (Lipinski definition) is 5. The second kappa shape index (κ2) is 6.49. The van der Waals surface area contributed by atoms with Crippen LogP contribution in [0.5, 0.6) is 5.75 Å². The zero-order valence-corrected chi connectivity index (χ0v) is 12.7. The average Bonchev–Trinajstić information content (AvgIpc) is 3.03. The van der Waals surface area contributed by atoms with Gasteiger partial charge in [0, 0.05) is 23.9 Å². The molecule has 0 bridgehead atoms. The molecule has 0 unspecified atom stereocenters. The molecule has 2 aromatic rings. The van der Waals surface area contributed by atoms with Gasteiger partial charge >= 0.3 is 5.69 Å². The highest BCUT2D eigenvalue weighted by atomic mass is 16.6. The van der Waals surface area contributed by atoms with E-state index in [0.29, 0.717) is 12.8 Å². The number of benzene rings is 2. The quantitative estimate of drug-likeness (QED) is 0.478. The minimum absolute atomic E-state index is 0.0357. The molecule has 1 aliphatic rings. The molecule has 0 aliphatic carbocycles. The van der Waals surface area contributed by atoms with Crippen molar-refractivity contribution in [3.63, 3.8) is 0 Å². The van der Waals surface area contributed by atoms with Gasteiger partial charge in [0.2, 0.25) is 0 Å². The Morgan fingerprint density at radius 1 is 1.29 bits per heavy atom. The second-order valence-corrected chi connectivity index (χ2v) is 5.31. The number of rotatable bonds is 5. The predicted octanol–water partition coefficient (Wildman–Crippen LogP) is 2.38. The molecule has 0 spiro atoms. The third-order valence-electron chi connectivity index (χ3n) is 3.86. The number of hydrogen-bond donors (Lipinski definition) is 0. The van der Waals surface area contributed by atoms with Gasteiger partial charge in [0.25, 0.3) is 5.91 Å². The zero-order valence-electron chi connectivity index (χ0n) is 12.7. The van der Waals surface area contributed by atoms with Crippen molar-refractivity contribution in [1.82, 2.24) is 0 Å². The first-order valence-corrected chi connectivity index (χ1v) is 7.35. The number of nitrogens with zero attached hydrogens (tertiary/aromatic N) is 2. The van der Waals surface area contributed by atoms with Crippen LogP contribution in [0, 0.1) is 10.1 Å². The summed E-state index contributed by atoms with van der Waals surface area (Å²) < 4.78 is 5.34. The molecule has 0 aromatic heterocycles. The molecule has 1 aliphatic heterocycles. The summed E-state index contributed by atoms with van der Waals surface area (Å²) in [6, 6.07) is 11.5. The van der Waals surface area contributed by atoms with E-state index in [1.54, 1.807) is 4.90 Å². The van der Waals surface area contributed by atoms with Crippen LogP contribution in [-0.2, 0) is 11.2 Å². The molecule has 24 heavy (non-hydrogen) atoms. The lowest BCUT2D eigenvalue weighted by Crippen LogP contribution is -2.33. The summed E-state index contributed by atoms with van der Waals surface area (Å²) in [6.07, 6.45) is 1.29. The van der Waals surface area contributed by atoms with Crippen LogP contribution in [0.15, 0.2) is 42.5 Å². The summed E-state index contributed by atoms with van der Waals surface area (Å²) >= 11 is 0. The Hall–Kier alpha value is -3.22. The summed E-state index contributed by atoms with van der Waals surface area (Å²) in [6.45, 7) is 0.253. The van der Waals surface area contributed by atoms with E-state index in [-0.39, 0.29) is 29.5 Å². The first-order chi connectivity index (χ1) is 11.6. The van der Waals surface area contributed by atoms with Gasteiger partial charge in [-0.05, 0) is 30.2 Å². The maximum Gasteiger partial charge on any atom is 0.311 e. The van der Waals surface area contributed by atoms with Crippen LogP contribution in [0.2, 0.25) is 0 Å². The van der Waals surface area contributed by atoms with Gasteiger partial charge in [-0.3, -0.25) is 19.7 Å². The number of nitro benzene ring substituents is 1. The van der Waals surface area contributed by atoms with Crippen LogP contribution in [0.4, 0.5) is 11.4 Å². The van der Waals surface area contributed by atoms with Gasteiger partial charge in [-0.2, -0.15) is 0 Å². The summed E-state index contributed by atoms with van der Waals surface area (Å²) in [5.41, 5.74) is 1.77. The Balaban J connectivity index is 1.74. The number of fused-ring (bicyclic) bond motifs is 1. The van der Waals surface area contributed by atoms with Crippen molar-refractivity contribution in [2.75, 3.05) is 18.1 Å². The fraction of sp³-hybridized carbons (Fsp3) is 0.176. The van der Waals surface area contributed by atoms with Crippen molar-refractivity contribution in [2.24, 2.45) is 0 Å². The molecule has 2 aromatic carbocycles. The molecule has 122 valence electrons. The Morgan fingerprint density at radius 2 is 2.08 bits per heavy atom. The number of ether oxygens (including phenoxy) is 1. The molecule has 3 rings (SSSR count). The van der Waals surface area contributed by atoms with E-state index in [9.17, 15) is 19.7 Å². The van der Waals surface area contributed by atoms with Gasteiger partial charge in [0.05, 0.1) is 4.92 Å². The lowest BCUT2D eigenvalue weighted by Gasteiger charge is -2.17. The maximum absolute atomic E-state index is 12.4. The molecule has 7 nitrogen and oxygen atoms in total. The fourth-order valence-electron chi connectivity index (χ4n) is 2.69. The fourth-order valence-corrected chi connectivity index (χ4v) is 2.69. The first kappa shape index (κ1) is 15.7. The number of amides is 1. The molecule has 0 saturated heterocycles. The number of para-hydroxylation sites is 1. The van der Waals surface area contributed by atoms with Crippen LogP contribution in [0.3, 0.4) is 0 Å². The number of aldehydes is 1. The van der Waals surface area contributed by atoms with Crippen LogP contribution < -0.4 is 9.64 Å². The minimum atomic E-state index is -0.641. The molecule has 0 fully saturated rings. The SMILES string of the molecule is O=Cc1ccc(OCC(=O)N2CCc3ccccc32)c([N+](=O)[O-])c1. The average molecular weight is 326 g/mol. The number of nitro groups is 1. The predicted molar refractivity (Wildman–Crippen MR) is 86.5 cm³/mol. The molecule has 0 N–H and O–H groups in total. The van der Waals surface area contributed by atoms with Crippen molar-refractivity contribution in [3.8, 4) is 5.75 Å². The standard InChI is InChI=1S/C17H14N2O5/c20-10-12-5-6-16(15(9-12)19(22)23)24-11-17(21)18-8-7-13-3-1-2-4-14(13)18/h1-6,9-10H,7-8,11H2. The Bertz CT molecular complexity index is 818. The third kappa shape index (κ3) is 2.96. The van der Waals surface area contributed by atoms with E-state index in [2.05, 4.69) is 0 Å². The van der Waals surface area contributed by atoms with Crippen molar-refractivity contribution >= 4 is 23.6 Å². The van der Waals surface area contributed by atoms with E-state index < -0.39 is 4.92 Å². The van der Waals surface area contributed by atoms with Crippen molar-refractivity contribution in [1.29, 1.82) is 0 Å². The normalized spacial score (nSPS) is 12.6. The topological polar surface area (TPSA) is 89.8 Å². The van der Waals surface area contributed by atoms with E-state index in [1.807, 2.05) is 24.3 Å². The first-order valence-electron chi connectivity index (χ1n) is 7.35. The van der Waals surface area contributed by atoms with Crippen LogP contribution in [0.25, 0.3) is 0 Å². The van der Waals surface area contributed by atoms with Crippen LogP contribution in [-0.4, -0.2) is 30.3 Å². The molecule has 1 amide bonds. The van der Waals surface area contributed by atoms with Gasteiger partial charge in [-0.15, -0.1) is 0 Å². The highest BCUT2D eigenvalue weighted by molar-refractivity contribution is 5.96. The van der Waals surface area contributed by atoms with Gasteiger partial charge in [0.1, 0.15) is 6.29 Å². The molecule has 0 atom stereocenters. The molecular formula is C17H14N2O5. The molecular weight excluding hydrogens is 312 g/mol. The third-order valence-corrected chi connectivity index (χ3v) is 3.86. The Kier molecular flexibility index (Phi) is 4.24. The highest BCUT2D eigenvalue weighted by Gasteiger charge is 2.25. The second-order valence-electron chi connectivity index (χ2n) is 5.31. The van der Waals surface area contributed by atoms with E-state index in [1.165, 1.54) is 12.1 Å².